The van der Waals surface area contributed by atoms with Crippen molar-refractivity contribution in [2.45, 2.75) is 129 Å². The van der Waals surface area contributed by atoms with Crippen molar-refractivity contribution in [3.05, 3.63) is 0 Å². The van der Waals surface area contributed by atoms with Gasteiger partial charge in [0.1, 0.15) is 10.5 Å². The summed E-state index contributed by atoms with van der Waals surface area (Å²) in [6.07, 6.45) is 21.7. The van der Waals surface area contributed by atoms with Crippen LogP contribution in [-0.4, -0.2) is 19.5 Å². The van der Waals surface area contributed by atoms with Gasteiger partial charge in [0.15, 0.2) is 9.04 Å². The Hall–Kier alpha value is 0.394. The van der Waals surface area contributed by atoms with Crippen molar-refractivity contribution in [1.82, 2.24) is 0 Å². The summed E-state index contributed by atoms with van der Waals surface area (Å²) in [6.45, 7) is 9.51. The molecular formula is C20H46OSi2. The third-order valence-electron chi connectivity index (χ3n) is 5.63. The molecule has 0 aromatic rings. The molecule has 0 aliphatic carbocycles. The summed E-state index contributed by atoms with van der Waals surface area (Å²) in [5.41, 5.74) is 0. The number of hydrogen-bond acceptors (Lipinski definition) is 1. The molecule has 0 rings (SSSR count). The van der Waals surface area contributed by atoms with E-state index < -0.39 is 9.04 Å². The third kappa shape index (κ3) is 14.4. The van der Waals surface area contributed by atoms with E-state index in [1.54, 1.807) is 0 Å². The maximum atomic E-state index is 5.76. The van der Waals surface area contributed by atoms with Gasteiger partial charge in [0.05, 0.1) is 0 Å². The van der Waals surface area contributed by atoms with Crippen LogP contribution in [0.1, 0.15) is 117 Å². The molecule has 1 nitrogen and oxygen atoms in total. The zero-order chi connectivity index (χ0) is 17.4. The summed E-state index contributed by atoms with van der Waals surface area (Å²) < 4.78 is 5.76. The zero-order valence-electron chi connectivity index (χ0n) is 17.1. The van der Waals surface area contributed by atoms with Crippen LogP contribution >= 0.6 is 0 Å². The predicted octanol–water partition coefficient (Wildman–Crippen LogP) is 6.29. The maximum Gasteiger partial charge on any atom is 0.164 e. The molecule has 1 atom stereocenters. The average Bonchev–Trinajstić information content (AvgIpc) is 2.54. The van der Waals surface area contributed by atoms with Gasteiger partial charge in [-0.05, 0) is 18.0 Å². The van der Waals surface area contributed by atoms with Gasteiger partial charge in [0.25, 0.3) is 0 Å². The van der Waals surface area contributed by atoms with Crippen LogP contribution in [0.2, 0.25) is 11.6 Å². The zero-order valence-corrected chi connectivity index (χ0v) is 20.2. The Kier molecular flexibility index (Phi) is 16.2. The highest BCUT2D eigenvalue weighted by atomic mass is 28.3. The van der Waals surface area contributed by atoms with Crippen molar-refractivity contribution in [2.24, 2.45) is 0 Å². The van der Waals surface area contributed by atoms with Gasteiger partial charge < -0.3 is 4.12 Å². The smallest absolute Gasteiger partial charge is 0.164 e. The van der Waals surface area contributed by atoms with Crippen LogP contribution in [0.4, 0.5) is 0 Å². The first-order valence-corrected chi connectivity index (χ1v) is 13.6. The number of hydrogen-bond donors (Lipinski definition) is 0. The molecule has 0 radical (unpaired) electrons. The van der Waals surface area contributed by atoms with E-state index in [0.717, 1.165) is 10.5 Å². The molecule has 0 aromatic heterocycles. The second-order valence-electron chi connectivity index (χ2n) is 8.21. The standard InChI is InChI=1S/C20H46OSi2/c1-5-6-7-8-9-10-11-12-13-14-15-16-17-18-19-20(2,3)23(4)21-22/h23H,5-19H2,1-4,22H3. The molecule has 23 heavy (non-hydrogen) atoms. The monoisotopic (exact) mass is 358 g/mol. The van der Waals surface area contributed by atoms with Gasteiger partial charge >= 0.3 is 0 Å². The molecule has 0 spiro atoms. The first kappa shape index (κ1) is 23.4. The van der Waals surface area contributed by atoms with E-state index in [1.165, 1.54) is 96.3 Å². The van der Waals surface area contributed by atoms with Crippen LogP contribution in [0, 0.1) is 0 Å². The molecule has 0 aliphatic rings. The molecule has 0 aliphatic heterocycles. The fourth-order valence-electron chi connectivity index (χ4n) is 3.30. The van der Waals surface area contributed by atoms with Gasteiger partial charge in [-0.2, -0.15) is 0 Å². The Labute approximate surface area is 152 Å². The van der Waals surface area contributed by atoms with E-state index in [4.69, 9.17) is 4.12 Å². The molecule has 1 unspecified atom stereocenters. The quantitative estimate of drug-likeness (QED) is 0.219. The van der Waals surface area contributed by atoms with Gasteiger partial charge in [0, 0.05) is 0 Å². The molecule has 0 heterocycles. The lowest BCUT2D eigenvalue weighted by atomic mass is 10.0. The first-order chi connectivity index (χ1) is 11.0. The van der Waals surface area contributed by atoms with Crippen molar-refractivity contribution in [1.29, 1.82) is 0 Å². The maximum absolute atomic E-state index is 5.76. The second-order valence-corrected chi connectivity index (χ2v) is 12.9. The van der Waals surface area contributed by atoms with E-state index in [1.807, 2.05) is 0 Å². The second kappa shape index (κ2) is 15.9. The summed E-state index contributed by atoms with van der Waals surface area (Å²) in [4.78, 5) is 0. The minimum Gasteiger partial charge on any atom is -0.465 e. The van der Waals surface area contributed by atoms with Gasteiger partial charge in [0.2, 0.25) is 0 Å². The fraction of sp³-hybridized carbons (Fsp3) is 1.00. The van der Waals surface area contributed by atoms with Crippen LogP contribution in [-0.2, 0) is 4.12 Å². The lowest BCUT2D eigenvalue weighted by Gasteiger charge is -2.29. The van der Waals surface area contributed by atoms with Gasteiger partial charge in [-0.15, -0.1) is 0 Å². The van der Waals surface area contributed by atoms with Crippen molar-refractivity contribution in [3.8, 4) is 0 Å². The highest BCUT2D eigenvalue weighted by Crippen LogP contribution is 2.35. The Morgan fingerprint density at radius 3 is 1.39 bits per heavy atom. The predicted molar refractivity (Wildman–Crippen MR) is 113 cm³/mol. The minimum absolute atomic E-state index is 0.499. The molecular weight excluding hydrogens is 312 g/mol. The highest BCUT2D eigenvalue weighted by Gasteiger charge is 2.26. The van der Waals surface area contributed by atoms with E-state index in [9.17, 15) is 0 Å². The van der Waals surface area contributed by atoms with Gasteiger partial charge in [-0.25, -0.2) is 0 Å². The molecule has 140 valence electrons. The number of rotatable bonds is 17. The van der Waals surface area contributed by atoms with Crippen molar-refractivity contribution >= 4 is 19.5 Å². The third-order valence-corrected chi connectivity index (χ3v) is 10.9. The Balaban J connectivity index is 3.22. The van der Waals surface area contributed by atoms with E-state index in [0.29, 0.717) is 5.04 Å². The molecule has 3 heteroatoms. The van der Waals surface area contributed by atoms with E-state index >= 15 is 0 Å². The molecule has 0 fully saturated rings. The molecule has 0 aromatic carbocycles. The summed E-state index contributed by atoms with van der Waals surface area (Å²) in [5, 5.41) is 0.499. The van der Waals surface area contributed by atoms with Crippen LogP contribution in [0.15, 0.2) is 0 Å². The van der Waals surface area contributed by atoms with Crippen LogP contribution in [0.5, 0.6) is 0 Å². The molecule has 0 saturated heterocycles. The fourth-order valence-corrected chi connectivity index (χ4v) is 6.46. The van der Waals surface area contributed by atoms with Crippen molar-refractivity contribution < 1.29 is 4.12 Å². The normalized spacial score (nSPS) is 13.6. The lowest BCUT2D eigenvalue weighted by Crippen LogP contribution is -2.27. The molecule has 0 bridgehead atoms. The van der Waals surface area contributed by atoms with E-state index in [-0.39, 0.29) is 0 Å². The Bertz CT molecular complexity index is 244. The van der Waals surface area contributed by atoms with Crippen LogP contribution < -0.4 is 0 Å². The van der Waals surface area contributed by atoms with Gasteiger partial charge in [-0.3, -0.25) is 0 Å². The average molecular weight is 359 g/mol. The summed E-state index contributed by atoms with van der Waals surface area (Å²) in [7, 11) is 0.00697. The summed E-state index contributed by atoms with van der Waals surface area (Å²) >= 11 is 0. The lowest BCUT2D eigenvalue weighted by molar-refractivity contribution is 0.472. The Morgan fingerprint density at radius 2 is 1.04 bits per heavy atom. The van der Waals surface area contributed by atoms with Crippen molar-refractivity contribution in [2.75, 3.05) is 0 Å². The van der Waals surface area contributed by atoms with Gasteiger partial charge in [-0.1, -0.05) is 111 Å². The SMILES string of the molecule is CCCCCCCCCCCCCCCCC(C)(C)[SiH](C)O[SiH3]. The molecule has 0 saturated carbocycles. The summed E-state index contributed by atoms with van der Waals surface area (Å²) in [5.74, 6) is 0. The van der Waals surface area contributed by atoms with Crippen LogP contribution in [0.3, 0.4) is 0 Å². The largest absolute Gasteiger partial charge is 0.465 e. The van der Waals surface area contributed by atoms with Crippen molar-refractivity contribution in [3.63, 3.8) is 0 Å². The molecule has 0 amide bonds. The summed E-state index contributed by atoms with van der Waals surface area (Å²) in [6, 6.07) is 0. The Morgan fingerprint density at radius 1 is 0.696 bits per heavy atom. The van der Waals surface area contributed by atoms with Crippen LogP contribution in [0.25, 0.3) is 0 Å². The minimum atomic E-state index is -0.920. The van der Waals surface area contributed by atoms with E-state index in [2.05, 4.69) is 27.3 Å². The first-order valence-electron chi connectivity index (χ1n) is 10.6. The number of unbranched alkanes of at least 4 members (excludes halogenated alkanes) is 13. The topological polar surface area (TPSA) is 9.23 Å². The highest BCUT2D eigenvalue weighted by molar-refractivity contribution is 6.57. The molecule has 0 N–H and O–H groups in total.